The molecule has 18 heavy (non-hydrogen) atoms. The van der Waals surface area contributed by atoms with Crippen molar-refractivity contribution in [3.05, 3.63) is 12.3 Å². The fourth-order valence-electron chi connectivity index (χ4n) is 1.96. The Labute approximate surface area is 107 Å². The number of nitrogens with zero attached hydrogens (tertiary/aromatic N) is 2. The fraction of sp³-hybridized carbons (Fsp3) is 0.636. The van der Waals surface area contributed by atoms with Crippen LogP contribution in [-0.4, -0.2) is 42.5 Å². The molecule has 0 amide bonds. The van der Waals surface area contributed by atoms with Crippen LogP contribution in [0.25, 0.3) is 0 Å². The minimum atomic E-state index is -2.92. The summed E-state index contributed by atoms with van der Waals surface area (Å²) in [5, 5.41) is 3.05. The van der Waals surface area contributed by atoms with Crippen LogP contribution in [0.4, 0.5) is 5.95 Å². The molecule has 0 bridgehead atoms. The first-order chi connectivity index (χ1) is 8.59. The SMILES string of the molecule is CCOc1ccnc(NC2CCCS(=O)(=O)C2)n1. The average molecular weight is 271 g/mol. The van der Waals surface area contributed by atoms with Crippen LogP contribution < -0.4 is 10.1 Å². The molecule has 1 aromatic rings. The number of aromatic nitrogens is 2. The van der Waals surface area contributed by atoms with E-state index in [-0.39, 0.29) is 17.5 Å². The molecule has 1 aromatic heterocycles. The third-order valence-corrected chi connectivity index (χ3v) is 4.54. The van der Waals surface area contributed by atoms with E-state index in [0.717, 1.165) is 6.42 Å². The highest BCUT2D eigenvalue weighted by Crippen LogP contribution is 2.16. The van der Waals surface area contributed by atoms with E-state index in [9.17, 15) is 8.42 Å². The molecule has 1 saturated heterocycles. The van der Waals surface area contributed by atoms with Gasteiger partial charge in [-0.3, -0.25) is 0 Å². The number of rotatable bonds is 4. The summed E-state index contributed by atoms with van der Waals surface area (Å²) in [6, 6.07) is 1.56. The Morgan fingerprint density at radius 3 is 3.11 bits per heavy atom. The van der Waals surface area contributed by atoms with E-state index >= 15 is 0 Å². The van der Waals surface area contributed by atoms with Crippen LogP contribution in [0.5, 0.6) is 5.88 Å². The lowest BCUT2D eigenvalue weighted by Crippen LogP contribution is -2.35. The van der Waals surface area contributed by atoms with Gasteiger partial charge in [0.15, 0.2) is 9.84 Å². The molecule has 7 heteroatoms. The molecule has 1 atom stereocenters. The molecule has 6 nitrogen and oxygen atoms in total. The summed E-state index contributed by atoms with van der Waals surface area (Å²) < 4.78 is 28.3. The van der Waals surface area contributed by atoms with Gasteiger partial charge in [0, 0.05) is 18.3 Å². The first-order valence-electron chi connectivity index (χ1n) is 6.02. The summed E-state index contributed by atoms with van der Waals surface area (Å²) in [7, 11) is -2.92. The highest BCUT2D eigenvalue weighted by molar-refractivity contribution is 7.91. The van der Waals surface area contributed by atoms with E-state index in [0.29, 0.717) is 24.9 Å². The summed E-state index contributed by atoms with van der Waals surface area (Å²) in [5.41, 5.74) is 0. The first kappa shape index (κ1) is 13.1. The molecular weight excluding hydrogens is 254 g/mol. The van der Waals surface area contributed by atoms with E-state index in [1.54, 1.807) is 12.3 Å². The van der Waals surface area contributed by atoms with Gasteiger partial charge in [0.2, 0.25) is 11.8 Å². The van der Waals surface area contributed by atoms with Crippen molar-refractivity contribution in [1.29, 1.82) is 0 Å². The third-order valence-electron chi connectivity index (χ3n) is 2.72. The smallest absolute Gasteiger partial charge is 0.226 e. The Kier molecular flexibility index (Phi) is 4.00. The zero-order valence-electron chi connectivity index (χ0n) is 10.3. The quantitative estimate of drug-likeness (QED) is 0.875. The van der Waals surface area contributed by atoms with Crippen LogP contribution in [0.15, 0.2) is 12.3 Å². The molecule has 0 spiro atoms. The van der Waals surface area contributed by atoms with E-state index in [1.165, 1.54) is 0 Å². The van der Waals surface area contributed by atoms with Crippen molar-refractivity contribution in [2.24, 2.45) is 0 Å². The van der Waals surface area contributed by atoms with Gasteiger partial charge in [-0.15, -0.1) is 0 Å². The summed E-state index contributed by atoms with van der Waals surface area (Å²) in [4.78, 5) is 8.23. The van der Waals surface area contributed by atoms with E-state index in [4.69, 9.17) is 4.74 Å². The Balaban J connectivity index is 2.02. The highest BCUT2D eigenvalue weighted by Gasteiger charge is 2.25. The molecule has 2 heterocycles. The van der Waals surface area contributed by atoms with Gasteiger partial charge in [-0.05, 0) is 19.8 Å². The van der Waals surface area contributed by atoms with Crippen molar-refractivity contribution in [2.75, 3.05) is 23.4 Å². The molecule has 100 valence electrons. The van der Waals surface area contributed by atoms with Crippen molar-refractivity contribution >= 4 is 15.8 Å². The summed E-state index contributed by atoms with van der Waals surface area (Å²) >= 11 is 0. The van der Waals surface area contributed by atoms with Crippen molar-refractivity contribution < 1.29 is 13.2 Å². The predicted octanol–water partition coefficient (Wildman–Crippen LogP) is 0.864. The summed E-state index contributed by atoms with van der Waals surface area (Å²) in [6.07, 6.45) is 3.10. The molecule has 0 saturated carbocycles. The van der Waals surface area contributed by atoms with Gasteiger partial charge < -0.3 is 10.1 Å². The van der Waals surface area contributed by atoms with Crippen LogP contribution >= 0.6 is 0 Å². The van der Waals surface area contributed by atoms with Crippen molar-refractivity contribution in [3.8, 4) is 5.88 Å². The Bertz CT molecular complexity index is 504. The molecule has 1 aliphatic heterocycles. The minimum Gasteiger partial charge on any atom is -0.478 e. The van der Waals surface area contributed by atoms with Gasteiger partial charge >= 0.3 is 0 Å². The molecule has 1 aliphatic rings. The molecule has 2 rings (SSSR count). The zero-order valence-corrected chi connectivity index (χ0v) is 11.1. The Morgan fingerprint density at radius 1 is 1.56 bits per heavy atom. The maximum absolute atomic E-state index is 11.5. The van der Waals surface area contributed by atoms with E-state index in [2.05, 4.69) is 15.3 Å². The van der Waals surface area contributed by atoms with E-state index < -0.39 is 9.84 Å². The number of anilines is 1. The zero-order chi connectivity index (χ0) is 13.0. The van der Waals surface area contributed by atoms with Gasteiger partial charge in [0.05, 0.1) is 18.1 Å². The average Bonchev–Trinajstić information content (AvgIpc) is 2.28. The predicted molar refractivity (Wildman–Crippen MR) is 68.5 cm³/mol. The maximum atomic E-state index is 11.5. The molecule has 0 radical (unpaired) electrons. The molecular formula is C11H17N3O3S. The summed E-state index contributed by atoms with van der Waals surface area (Å²) in [6.45, 7) is 2.41. The molecule has 1 fully saturated rings. The normalized spacial score (nSPS) is 22.4. The van der Waals surface area contributed by atoms with Crippen molar-refractivity contribution in [2.45, 2.75) is 25.8 Å². The van der Waals surface area contributed by atoms with Gasteiger partial charge in [0.25, 0.3) is 0 Å². The number of ether oxygens (including phenoxy) is 1. The number of nitrogens with one attached hydrogen (secondary N) is 1. The van der Waals surface area contributed by atoms with Crippen LogP contribution in [0.2, 0.25) is 0 Å². The lowest BCUT2D eigenvalue weighted by Gasteiger charge is -2.22. The van der Waals surface area contributed by atoms with Gasteiger partial charge in [-0.2, -0.15) is 4.98 Å². The Hall–Kier alpha value is -1.37. The monoisotopic (exact) mass is 271 g/mol. The minimum absolute atomic E-state index is 0.111. The molecule has 0 aliphatic carbocycles. The maximum Gasteiger partial charge on any atom is 0.226 e. The lowest BCUT2D eigenvalue weighted by molar-refractivity contribution is 0.326. The second kappa shape index (κ2) is 5.51. The molecule has 0 aromatic carbocycles. The lowest BCUT2D eigenvalue weighted by atomic mass is 10.2. The molecule has 1 unspecified atom stereocenters. The van der Waals surface area contributed by atoms with Gasteiger partial charge in [0.1, 0.15) is 0 Å². The van der Waals surface area contributed by atoms with Crippen LogP contribution in [0.1, 0.15) is 19.8 Å². The van der Waals surface area contributed by atoms with Gasteiger partial charge in [-0.1, -0.05) is 0 Å². The highest BCUT2D eigenvalue weighted by atomic mass is 32.2. The Morgan fingerprint density at radius 2 is 2.39 bits per heavy atom. The standard InChI is InChI=1S/C11H17N3O3S/c1-2-17-10-5-6-12-11(14-10)13-9-4-3-7-18(15,16)8-9/h5-6,9H,2-4,7-8H2,1H3,(H,12,13,14). The van der Waals surface area contributed by atoms with Crippen LogP contribution in [-0.2, 0) is 9.84 Å². The van der Waals surface area contributed by atoms with Crippen LogP contribution in [0.3, 0.4) is 0 Å². The second-order valence-corrected chi connectivity index (χ2v) is 6.48. The van der Waals surface area contributed by atoms with E-state index in [1.807, 2.05) is 6.92 Å². The largest absolute Gasteiger partial charge is 0.478 e. The fourth-order valence-corrected chi connectivity index (χ4v) is 3.60. The number of hydrogen-bond acceptors (Lipinski definition) is 6. The van der Waals surface area contributed by atoms with Crippen LogP contribution in [0, 0.1) is 0 Å². The number of sulfone groups is 1. The number of hydrogen-bond donors (Lipinski definition) is 1. The van der Waals surface area contributed by atoms with Gasteiger partial charge in [-0.25, -0.2) is 13.4 Å². The summed E-state index contributed by atoms with van der Waals surface area (Å²) in [5.74, 6) is 1.34. The molecule has 1 N–H and O–H groups in total. The topological polar surface area (TPSA) is 81.2 Å². The first-order valence-corrected chi connectivity index (χ1v) is 7.84. The third kappa shape index (κ3) is 3.56. The van der Waals surface area contributed by atoms with Crippen molar-refractivity contribution in [3.63, 3.8) is 0 Å². The second-order valence-electron chi connectivity index (χ2n) is 4.25. The van der Waals surface area contributed by atoms with Crippen molar-refractivity contribution in [1.82, 2.24) is 9.97 Å².